The summed E-state index contributed by atoms with van der Waals surface area (Å²) in [5.41, 5.74) is 0.343. The lowest BCUT2D eigenvalue weighted by atomic mass is 10.2. The average Bonchev–Trinajstić information content (AvgIpc) is 3.08. The molecule has 9 nitrogen and oxygen atoms in total. The number of aryl methyl sites for hydroxylation is 1. The van der Waals surface area contributed by atoms with E-state index in [0.717, 1.165) is 0 Å². The Morgan fingerprint density at radius 2 is 1.89 bits per heavy atom. The van der Waals surface area contributed by atoms with Crippen LogP contribution in [-0.2, 0) is 9.53 Å². The van der Waals surface area contributed by atoms with Gasteiger partial charge in [-0.3, -0.25) is 9.59 Å². The molecule has 0 aliphatic heterocycles. The summed E-state index contributed by atoms with van der Waals surface area (Å²) in [7, 11) is 0. The van der Waals surface area contributed by atoms with Gasteiger partial charge in [-0.1, -0.05) is 5.16 Å². The van der Waals surface area contributed by atoms with Crippen LogP contribution in [0.2, 0.25) is 0 Å². The minimum absolute atomic E-state index is 0.194. The summed E-state index contributed by atoms with van der Waals surface area (Å²) in [5.74, 6) is 0.607. The van der Waals surface area contributed by atoms with E-state index in [9.17, 15) is 9.59 Å². The highest BCUT2D eigenvalue weighted by Gasteiger charge is 2.19. The molecule has 0 spiro atoms. The van der Waals surface area contributed by atoms with Gasteiger partial charge in [-0.25, -0.2) is 0 Å². The van der Waals surface area contributed by atoms with Gasteiger partial charge in [0.1, 0.15) is 6.54 Å². The van der Waals surface area contributed by atoms with E-state index < -0.39 is 18.0 Å². The first-order valence-corrected chi connectivity index (χ1v) is 8.62. The minimum Gasteiger partial charge on any atom is -0.490 e. The Kier molecular flexibility index (Phi) is 7.16. The number of amides is 1. The van der Waals surface area contributed by atoms with Crippen molar-refractivity contribution < 1.29 is 28.3 Å². The molecule has 0 fully saturated rings. The third-order valence-corrected chi connectivity index (χ3v) is 3.40. The Labute approximate surface area is 157 Å². The molecule has 9 heteroatoms. The van der Waals surface area contributed by atoms with Crippen LogP contribution in [0, 0.1) is 6.92 Å². The van der Waals surface area contributed by atoms with E-state index in [1.54, 1.807) is 32.0 Å². The molecule has 2 aromatic rings. The number of nitrogens with one attached hydrogen (secondary N) is 1. The lowest BCUT2D eigenvalue weighted by Crippen LogP contribution is -2.31. The molecule has 146 valence electrons. The fourth-order valence-electron chi connectivity index (χ4n) is 2.21. The SMILES string of the molecule is CCOc1ccc(C(=O)NCC(=O)OC(C)c2nc(C)no2)cc1OCC. The van der Waals surface area contributed by atoms with Gasteiger partial charge >= 0.3 is 5.97 Å². The zero-order valence-corrected chi connectivity index (χ0v) is 15.8. The average molecular weight is 377 g/mol. The van der Waals surface area contributed by atoms with Crippen LogP contribution in [0.1, 0.15) is 48.9 Å². The van der Waals surface area contributed by atoms with Gasteiger partial charge < -0.3 is 24.1 Å². The number of benzene rings is 1. The first-order valence-electron chi connectivity index (χ1n) is 8.62. The molecule has 0 aliphatic rings. The molecule has 2 rings (SSSR count). The van der Waals surface area contributed by atoms with Gasteiger partial charge in [0, 0.05) is 5.56 Å². The maximum atomic E-state index is 12.3. The minimum atomic E-state index is -0.703. The Hall–Kier alpha value is -3.10. The van der Waals surface area contributed by atoms with Crippen molar-refractivity contribution >= 4 is 11.9 Å². The highest BCUT2D eigenvalue weighted by molar-refractivity contribution is 5.96. The summed E-state index contributed by atoms with van der Waals surface area (Å²) in [5, 5.41) is 6.14. The summed E-state index contributed by atoms with van der Waals surface area (Å²) in [6, 6.07) is 4.82. The quantitative estimate of drug-likeness (QED) is 0.662. The molecule has 0 radical (unpaired) electrons. The number of rotatable bonds is 9. The van der Waals surface area contributed by atoms with Crippen LogP contribution >= 0.6 is 0 Å². The number of carbonyl (C=O) groups excluding carboxylic acids is 2. The largest absolute Gasteiger partial charge is 0.490 e. The molecule has 0 bridgehead atoms. The highest BCUT2D eigenvalue weighted by atomic mass is 16.6. The molecular formula is C18H23N3O6. The Morgan fingerprint density at radius 3 is 2.52 bits per heavy atom. The third-order valence-electron chi connectivity index (χ3n) is 3.40. The Bertz CT molecular complexity index is 789. The van der Waals surface area contributed by atoms with E-state index >= 15 is 0 Å². The van der Waals surface area contributed by atoms with Gasteiger partial charge in [0.05, 0.1) is 13.2 Å². The molecule has 0 saturated heterocycles. The van der Waals surface area contributed by atoms with Crippen LogP contribution in [-0.4, -0.2) is 41.8 Å². The van der Waals surface area contributed by atoms with Crippen LogP contribution in [0.4, 0.5) is 0 Å². The monoisotopic (exact) mass is 377 g/mol. The predicted octanol–water partition coefficient (Wildman–Crippen LogP) is 2.21. The molecule has 27 heavy (non-hydrogen) atoms. The predicted molar refractivity (Wildman–Crippen MR) is 94.7 cm³/mol. The molecule has 1 aromatic heterocycles. The molecule has 0 saturated carbocycles. The van der Waals surface area contributed by atoms with Crippen molar-refractivity contribution in [2.75, 3.05) is 19.8 Å². The van der Waals surface area contributed by atoms with Gasteiger partial charge in [-0.05, 0) is 45.9 Å². The second kappa shape index (κ2) is 9.56. The van der Waals surface area contributed by atoms with Crippen LogP contribution in [0.5, 0.6) is 11.5 Å². The van der Waals surface area contributed by atoms with Crippen LogP contribution in [0.25, 0.3) is 0 Å². The van der Waals surface area contributed by atoms with Crippen LogP contribution in [0.3, 0.4) is 0 Å². The van der Waals surface area contributed by atoms with Crippen molar-refractivity contribution in [1.29, 1.82) is 0 Å². The van der Waals surface area contributed by atoms with Crippen LogP contribution in [0.15, 0.2) is 22.7 Å². The topological polar surface area (TPSA) is 113 Å². The van der Waals surface area contributed by atoms with Gasteiger partial charge in [-0.2, -0.15) is 4.98 Å². The number of esters is 1. The maximum absolute atomic E-state index is 12.3. The third kappa shape index (κ3) is 5.70. The Balaban J connectivity index is 1.92. The smallest absolute Gasteiger partial charge is 0.326 e. The number of aromatic nitrogens is 2. The zero-order chi connectivity index (χ0) is 19.8. The van der Waals surface area contributed by atoms with E-state index in [0.29, 0.717) is 36.1 Å². The van der Waals surface area contributed by atoms with Crippen LogP contribution < -0.4 is 14.8 Å². The first-order chi connectivity index (χ1) is 12.9. The first kappa shape index (κ1) is 20.2. The second-order valence-electron chi connectivity index (χ2n) is 5.52. The van der Waals surface area contributed by atoms with Gasteiger partial charge in [0.25, 0.3) is 11.8 Å². The number of ether oxygens (including phenoxy) is 3. The van der Waals surface area contributed by atoms with Crippen molar-refractivity contribution in [2.45, 2.75) is 33.8 Å². The van der Waals surface area contributed by atoms with Gasteiger partial charge in [0.2, 0.25) is 0 Å². The van der Waals surface area contributed by atoms with Gasteiger partial charge in [-0.15, -0.1) is 0 Å². The summed E-state index contributed by atoms with van der Waals surface area (Å²) in [4.78, 5) is 28.2. The standard InChI is InChI=1S/C18H23N3O6/c1-5-24-14-8-7-13(9-15(14)25-6-2)17(23)19-10-16(22)26-11(3)18-20-12(4)21-27-18/h7-9,11H,5-6,10H2,1-4H3,(H,19,23). The van der Waals surface area contributed by atoms with Crippen molar-refractivity contribution in [3.8, 4) is 11.5 Å². The van der Waals surface area contributed by atoms with E-state index in [2.05, 4.69) is 15.5 Å². The molecule has 1 unspecified atom stereocenters. The summed E-state index contributed by atoms with van der Waals surface area (Å²) in [6.45, 7) is 7.58. The van der Waals surface area contributed by atoms with E-state index in [1.807, 2.05) is 13.8 Å². The molecule has 1 heterocycles. The Morgan fingerprint density at radius 1 is 1.19 bits per heavy atom. The number of nitrogens with zero attached hydrogens (tertiary/aromatic N) is 2. The van der Waals surface area contributed by atoms with Crippen molar-refractivity contribution in [2.24, 2.45) is 0 Å². The normalized spacial score (nSPS) is 11.6. The lowest BCUT2D eigenvalue weighted by molar-refractivity contribution is -0.148. The number of hydrogen-bond donors (Lipinski definition) is 1. The zero-order valence-electron chi connectivity index (χ0n) is 15.8. The second-order valence-corrected chi connectivity index (χ2v) is 5.52. The van der Waals surface area contributed by atoms with Crippen molar-refractivity contribution in [3.05, 3.63) is 35.5 Å². The fraction of sp³-hybridized carbons (Fsp3) is 0.444. The van der Waals surface area contributed by atoms with Crippen molar-refractivity contribution in [3.63, 3.8) is 0 Å². The summed E-state index contributed by atoms with van der Waals surface area (Å²) in [6.07, 6.45) is -0.703. The lowest BCUT2D eigenvalue weighted by Gasteiger charge is -2.13. The molecule has 1 N–H and O–H groups in total. The molecule has 1 aromatic carbocycles. The summed E-state index contributed by atoms with van der Waals surface area (Å²) < 4.78 is 21.0. The van der Waals surface area contributed by atoms with E-state index in [4.69, 9.17) is 18.7 Å². The van der Waals surface area contributed by atoms with E-state index in [1.165, 1.54) is 0 Å². The molecule has 1 amide bonds. The maximum Gasteiger partial charge on any atom is 0.326 e. The number of hydrogen-bond acceptors (Lipinski definition) is 8. The molecule has 0 aliphatic carbocycles. The molecular weight excluding hydrogens is 354 g/mol. The molecule has 1 atom stereocenters. The van der Waals surface area contributed by atoms with Crippen molar-refractivity contribution in [1.82, 2.24) is 15.5 Å². The van der Waals surface area contributed by atoms with Gasteiger partial charge in [0.15, 0.2) is 23.4 Å². The summed E-state index contributed by atoms with van der Waals surface area (Å²) >= 11 is 0. The highest BCUT2D eigenvalue weighted by Crippen LogP contribution is 2.28. The fourth-order valence-corrected chi connectivity index (χ4v) is 2.21. The van der Waals surface area contributed by atoms with E-state index in [-0.39, 0.29) is 12.4 Å². The number of carbonyl (C=O) groups is 2.